The fourth-order valence-corrected chi connectivity index (χ4v) is 2.91. The number of aromatic hydroxyl groups is 1. The van der Waals surface area contributed by atoms with Crippen molar-refractivity contribution in [3.05, 3.63) is 53.1 Å². The molecule has 1 atom stereocenters. The van der Waals surface area contributed by atoms with E-state index >= 15 is 0 Å². The number of benzene rings is 2. The van der Waals surface area contributed by atoms with Crippen LogP contribution in [-0.4, -0.2) is 16.2 Å². The van der Waals surface area contributed by atoms with Crippen LogP contribution in [0.1, 0.15) is 18.4 Å². The summed E-state index contributed by atoms with van der Waals surface area (Å²) < 4.78 is 0. The number of hydrogen-bond acceptors (Lipinski definition) is 3. The maximum absolute atomic E-state index is 11.0. The average molecular weight is 309 g/mol. The first-order valence-corrected chi connectivity index (χ1v) is 7.17. The number of carbonyl (C=O) groups is 1. The van der Waals surface area contributed by atoms with E-state index in [1.54, 1.807) is 31.2 Å². The molecule has 2 aromatic rings. The SMILES string of the molecule is CC(C(=O)O)c1cccc(Sc2ccccc2Cl)c1O. The molecule has 0 saturated heterocycles. The zero-order valence-corrected chi connectivity index (χ0v) is 12.3. The Morgan fingerprint density at radius 1 is 1.15 bits per heavy atom. The summed E-state index contributed by atoms with van der Waals surface area (Å²) in [5.41, 5.74) is 0.398. The maximum Gasteiger partial charge on any atom is 0.310 e. The van der Waals surface area contributed by atoms with E-state index in [4.69, 9.17) is 16.7 Å². The number of halogens is 1. The van der Waals surface area contributed by atoms with Crippen molar-refractivity contribution in [1.82, 2.24) is 0 Å². The van der Waals surface area contributed by atoms with Crippen molar-refractivity contribution in [2.45, 2.75) is 22.6 Å². The van der Waals surface area contributed by atoms with Gasteiger partial charge in [-0.2, -0.15) is 0 Å². The standard InChI is InChI=1S/C15H13ClO3S/c1-9(15(18)19)10-5-4-8-13(14(10)17)20-12-7-3-2-6-11(12)16/h2-9,17H,1H3,(H,18,19). The minimum absolute atomic E-state index is 0.00711. The molecule has 104 valence electrons. The van der Waals surface area contributed by atoms with Gasteiger partial charge < -0.3 is 10.2 Å². The van der Waals surface area contributed by atoms with Gasteiger partial charge in [-0.25, -0.2) is 0 Å². The number of para-hydroxylation sites is 1. The van der Waals surface area contributed by atoms with E-state index in [0.717, 1.165) is 4.90 Å². The highest BCUT2D eigenvalue weighted by molar-refractivity contribution is 7.99. The Labute approximate surface area is 126 Å². The van der Waals surface area contributed by atoms with Gasteiger partial charge in [-0.15, -0.1) is 0 Å². The lowest BCUT2D eigenvalue weighted by Crippen LogP contribution is -2.07. The van der Waals surface area contributed by atoms with Gasteiger partial charge in [0.1, 0.15) is 5.75 Å². The summed E-state index contributed by atoms with van der Waals surface area (Å²) in [6.07, 6.45) is 0. The third kappa shape index (κ3) is 3.08. The summed E-state index contributed by atoms with van der Waals surface area (Å²) in [5, 5.41) is 19.9. The maximum atomic E-state index is 11.0. The van der Waals surface area contributed by atoms with E-state index in [-0.39, 0.29) is 5.75 Å². The van der Waals surface area contributed by atoms with Crippen molar-refractivity contribution in [1.29, 1.82) is 0 Å². The molecule has 2 rings (SSSR count). The van der Waals surface area contributed by atoms with Crippen LogP contribution in [0.4, 0.5) is 0 Å². The molecule has 0 aliphatic rings. The molecule has 1 unspecified atom stereocenters. The number of aliphatic carboxylic acids is 1. The van der Waals surface area contributed by atoms with Gasteiger partial charge >= 0.3 is 5.97 Å². The topological polar surface area (TPSA) is 57.5 Å². The van der Waals surface area contributed by atoms with Gasteiger partial charge in [-0.3, -0.25) is 4.79 Å². The van der Waals surface area contributed by atoms with E-state index < -0.39 is 11.9 Å². The molecule has 2 N–H and O–H groups in total. The molecule has 0 radical (unpaired) electrons. The molecule has 0 bridgehead atoms. The number of phenolic OH excluding ortho intramolecular Hbond substituents is 1. The molecule has 0 spiro atoms. The zero-order valence-electron chi connectivity index (χ0n) is 10.7. The van der Waals surface area contributed by atoms with Crippen LogP contribution < -0.4 is 0 Å². The molecule has 3 nitrogen and oxygen atoms in total. The number of phenols is 1. The highest BCUT2D eigenvalue weighted by Crippen LogP contribution is 2.41. The zero-order chi connectivity index (χ0) is 14.7. The minimum atomic E-state index is -0.972. The largest absolute Gasteiger partial charge is 0.506 e. The van der Waals surface area contributed by atoms with Crippen molar-refractivity contribution in [3.8, 4) is 5.75 Å². The van der Waals surface area contributed by atoms with Crippen LogP contribution in [-0.2, 0) is 4.79 Å². The Balaban J connectivity index is 2.37. The summed E-state index contributed by atoms with van der Waals surface area (Å²) in [5.74, 6) is -1.74. The van der Waals surface area contributed by atoms with Crippen LogP contribution in [0.2, 0.25) is 5.02 Å². The molecule has 2 aromatic carbocycles. The molecular weight excluding hydrogens is 296 g/mol. The van der Waals surface area contributed by atoms with Gasteiger partial charge in [0.25, 0.3) is 0 Å². The lowest BCUT2D eigenvalue weighted by Gasteiger charge is -2.12. The summed E-state index contributed by atoms with van der Waals surface area (Å²) >= 11 is 7.39. The van der Waals surface area contributed by atoms with Crippen LogP contribution in [0, 0.1) is 0 Å². The van der Waals surface area contributed by atoms with Crippen molar-refractivity contribution in [2.75, 3.05) is 0 Å². The molecule has 5 heteroatoms. The normalized spacial score (nSPS) is 12.1. The van der Waals surface area contributed by atoms with Crippen molar-refractivity contribution < 1.29 is 15.0 Å². The highest BCUT2D eigenvalue weighted by atomic mass is 35.5. The fourth-order valence-electron chi connectivity index (χ4n) is 1.75. The van der Waals surface area contributed by atoms with Gasteiger partial charge in [0.15, 0.2) is 0 Å². The monoisotopic (exact) mass is 308 g/mol. The lowest BCUT2D eigenvalue weighted by molar-refractivity contribution is -0.138. The third-order valence-corrected chi connectivity index (χ3v) is 4.49. The van der Waals surface area contributed by atoms with E-state index in [9.17, 15) is 9.90 Å². The summed E-state index contributed by atoms with van der Waals surface area (Å²) in [7, 11) is 0. The molecule has 0 heterocycles. The second kappa shape index (κ2) is 6.20. The first-order chi connectivity index (χ1) is 9.50. The Hall–Kier alpha value is -1.65. The van der Waals surface area contributed by atoms with Crippen LogP contribution >= 0.6 is 23.4 Å². The van der Waals surface area contributed by atoms with E-state index in [0.29, 0.717) is 15.5 Å². The first-order valence-electron chi connectivity index (χ1n) is 5.97. The number of hydrogen-bond donors (Lipinski definition) is 2. The van der Waals surface area contributed by atoms with E-state index in [1.165, 1.54) is 11.8 Å². The van der Waals surface area contributed by atoms with Crippen LogP contribution in [0.25, 0.3) is 0 Å². The molecule has 0 aliphatic carbocycles. The smallest absolute Gasteiger partial charge is 0.310 e. The predicted molar refractivity (Wildman–Crippen MR) is 79.7 cm³/mol. The van der Waals surface area contributed by atoms with Crippen molar-refractivity contribution >= 4 is 29.3 Å². The van der Waals surface area contributed by atoms with Gasteiger partial charge in [0.2, 0.25) is 0 Å². The Bertz CT molecular complexity index is 643. The Morgan fingerprint density at radius 2 is 1.80 bits per heavy atom. The second-order valence-corrected chi connectivity index (χ2v) is 5.78. The second-order valence-electron chi connectivity index (χ2n) is 4.29. The molecule has 0 saturated carbocycles. The van der Waals surface area contributed by atoms with Crippen molar-refractivity contribution in [3.63, 3.8) is 0 Å². The lowest BCUT2D eigenvalue weighted by atomic mass is 10.0. The van der Waals surface area contributed by atoms with E-state index in [2.05, 4.69) is 0 Å². The average Bonchev–Trinajstić information content (AvgIpc) is 2.42. The van der Waals surface area contributed by atoms with Crippen LogP contribution in [0.15, 0.2) is 52.3 Å². The van der Waals surface area contributed by atoms with Gasteiger partial charge in [-0.1, -0.05) is 47.6 Å². The summed E-state index contributed by atoms with van der Waals surface area (Å²) in [6.45, 7) is 1.54. The van der Waals surface area contributed by atoms with Crippen LogP contribution in [0.3, 0.4) is 0 Å². The highest BCUT2D eigenvalue weighted by Gasteiger charge is 2.19. The van der Waals surface area contributed by atoms with Gasteiger partial charge in [0.05, 0.1) is 15.8 Å². The number of carboxylic acids is 1. The summed E-state index contributed by atoms with van der Waals surface area (Å²) in [4.78, 5) is 12.4. The summed E-state index contributed by atoms with van der Waals surface area (Å²) in [6, 6.07) is 12.4. The molecular formula is C15H13ClO3S. The third-order valence-electron chi connectivity index (χ3n) is 2.92. The van der Waals surface area contributed by atoms with Crippen LogP contribution in [0.5, 0.6) is 5.75 Å². The Morgan fingerprint density at radius 3 is 2.45 bits per heavy atom. The van der Waals surface area contributed by atoms with Gasteiger partial charge in [-0.05, 0) is 25.1 Å². The number of rotatable bonds is 4. The molecule has 0 amide bonds. The predicted octanol–water partition coefficient (Wildman–Crippen LogP) is 4.38. The molecule has 0 aromatic heterocycles. The quantitative estimate of drug-likeness (QED) is 0.879. The molecule has 20 heavy (non-hydrogen) atoms. The number of carboxylic acid groups (broad SMARTS) is 1. The van der Waals surface area contributed by atoms with Crippen molar-refractivity contribution in [2.24, 2.45) is 0 Å². The van der Waals surface area contributed by atoms with Gasteiger partial charge in [0, 0.05) is 10.5 Å². The molecule has 0 aliphatic heterocycles. The molecule has 0 fully saturated rings. The Kier molecular flexibility index (Phi) is 4.57. The van der Waals surface area contributed by atoms with E-state index in [1.807, 2.05) is 18.2 Å². The first kappa shape index (κ1) is 14.8. The fraction of sp³-hybridized carbons (Fsp3) is 0.133. The minimum Gasteiger partial charge on any atom is -0.506 e.